The van der Waals surface area contributed by atoms with E-state index in [1.54, 1.807) is 0 Å². The topological polar surface area (TPSA) is 9.86 Å². The summed E-state index contributed by atoms with van der Waals surface area (Å²) in [5.41, 5.74) is 8.53. The molecule has 0 bridgehead atoms. The average molecular weight is 435 g/mol. The summed E-state index contributed by atoms with van der Waals surface area (Å²) in [6.45, 7) is 0. The molecule has 5 aromatic carbocycles. The number of rotatable bonds is 3. The minimum absolute atomic E-state index is 1.17. The smallest absolute Gasteiger partial charge is 0.0614 e. The van der Waals surface area contributed by atoms with Crippen molar-refractivity contribution in [2.75, 3.05) is 0 Å². The third-order valence-electron chi connectivity index (χ3n) is 6.72. The molecule has 0 N–H and O–H groups in total. The molecular formula is C32H22N2. The highest BCUT2D eigenvalue weighted by Crippen LogP contribution is 2.43. The van der Waals surface area contributed by atoms with Crippen molar-refractivity contribution in [1.82, 2.24) is 9.13 Å². The van der Waals surface area contributed by atoms with Gasteiger partial charge in [-0.1, -0.05) is 84.9 Å². The molecule has 7 aromatic rings. The zero-order chi connectivity index (χ0) is 22.5. The van der Waals surface area contributed by atoms with Crippen molar-refractivity contribution >= 4 is 32.7 Å². The van der Waals surface area contributed by atoms with Crippen LogP contribution >= 0.6 is 0 Å². The molecule has 0 fully saturated rings. The van der Waals surface area contributed by atoms with Gasteiger partial charge in [-0.05, 0) is 48.0 Å². The van der Waals surface area contributed by atoms with Gasteiger partial charge in [-0.2, -0.15) is 0 Å². The maximum atomic E-state index is 2.40. The molecule has 2 heteroatoms. The minimum atomic E-state index is 1.17. The molecule has 160 valence electrons. The quantitative estimate of drug-likeness (QED) is 0.264. The van der Waals surface area contributed by atoms with Gasteiger partial charge in [0.15, 0.2) is 0 Å². The maximum absolute atomic E-state index is 2.40. The van der Waals surface area contributed by atoms with E-state index in [1.165, 1.54) is 55.2 Å². The Hall–Kier alpha value is -4.56. The SMILES string of the molecule is c1ccc(-c2c3c4ccccc4n(-c4ccccc4)c3cc3ccn(-c4ccccc4)c23)cc1. The van der Waals surface area contributed by atoms with Gasteiger partial charge in [-0.3, -0.25) is 0 Å². The van der Waals surface area contributed by atoms with E-state index in [0.29, 0.717) is 0 Å². The highest BCUT2D eigenvalue weighted by molar-refractivity contribution is 6.22. The van der Waals surface area contributed by atoms with Crippen LogP contribution in [0.25, 0.3) is 55.2 Å². The first-order chi connectivity index (χ1) is 16.9. The van der Waals surface area contributed by atoms with Crippen molar-refractivity contribution in [3.8, 4) is 22.5 Å². The molecule has 0 unspecified atom stereocenters. The van der Waals surface area contributed by atoms with Crippen LogP contribution in [0.5, 0.6) is 0 Å². The Labute approximate surface area is 197 Å². The second kappa shape index (κ2) is 7.50. The van der Waals surface area contributed by atoms with Crippen LogP contribution < -0.4 is 0 Å². The Bertz CT molecular complexity index is 1770. The fourth-order valence-corrected chi connectivity index (χ4v) is 5.30. The first-order valence-electron chi connectivity index (χ1n) is 11.6. The van der Waals surface area contributed by atoms with E-state index in [1.807, 2.05) is 0 Å². The van der Waals surface area contributed by atoms with Crippen LogP contribution in [0, 0.1) is 0 Å². The standard InChI is InChI=1S/C32H22N2/c1-4-12-23(13-5-1)30-31-27-18-10-11-19-28(27)34(26-16-8-3-9-17-26)29(31)22-24-20-21-33(32(24)30)25-14-6-2-7-15-25/h1-22H. The number of benzene rings is 5. The fourth-order valence-electron chi connectivity index (χ4n) is 5.30. The summed E-state index contributed by atoms with van der Waals surface area (Å²) >= 11 is 0. The van der Waals surface area contributed by atoms with E-state index in [-0.39, 0.29) is 0 Å². The second-order valence-electron chi connectivity index (χ2n) is 8.66. The van der Waals surface area contributed by atoms with Crippen molar-refractivity contribution in [2.24, 2.45) is 0 Å². The van der Waals surface area contributed by atoms with Gasteiger partial charge in [0.05, 0.1) is 16.6 Å². The predicted octanol–water partition coefficient (Wildman–Crippen LogP) is 8.39. The van der Waals surface area contributed by atoms with Crippen molar-refractivity contribution in [3.63, 3.8) is 0 Å². The average Bonchev–Trinajstić information content (AvgIpc) is 3.48. The number of nitrogens with zero attached hydrogens (tertiary/aromatic N) is 2. The van der Waals surface area contributed by atoms with Crippen LogP contribution in [0.1, 0.15) is 0 Å². The Morgan fingerprint density at radius 1 is 0.500 bits per heavy atom. The van der Waals surface area contributed by atoms with Crippen LogP contribution in [0.3, 0.4) is 0 Å². The van der Waals surface area contributed by atoms with Crippen LogP contribution in [0.2, 0.25) is 0 Å². The lowest BCUT2D eigenvalue weighted by atomic mass is 9.96. The Kier molecular flexibility index (Phi) is 4.18. The summed E-state index contributed by atoms with van der Waals surface area (Å²) in [6.07, 6.45) is 2.19. The first-order valence-corrected chi connectivity index (χ1v) is 11.6. The molecule has 0 aliphatic carbocycles. The molecule has 7 rings (SSSR count). The van der Waals surface area contributed by atoms with Gasteiger partial charge in [-0.15, -0.1) is 0 Å². The number of fused-ring (bicyclic) bond motifs is 4. The van der Waals surface area contributed by atoms with Gasteiger partial charge >= 0.3 is 0 Å². The normalized spacial score (nSPS) is 11.5. The zero-order valence-corrected chi connectivity index (χ0v) is 18.6. The van der Waals surface area contributed by atoms with Crippen molar-refractivity contribution in [3.05, 3.63) is 134 Å². The molecule has 2 heterocycles. The third kappa shape index (κ3) is 2.76. The van der Waals surface area contributed by atoms with Crippen molar-refractivity contribution in [1.29, 1.82) is 0 Å². The fraction of sp³-hybridized carbons (Fsp3) is 0. The van der Waals surface area contributed by atoms with Gasteiger partial charge in [0.25, 0.3) is 0 Å². The van der Waals surface area contributed by atoms with Crippen molar-refractivity contribution in [2.45, 2.75) is 0 Å². The van der Waals surface area contributed by atoms with Gasteiger partial charge in [0, 0.05) is 39.3 Å². The number of hydrogen-bond donors (Lipinski definition) is 0. The number of para-hydroxylation sites is 3. The molecule has 2 nitrogen and oxygen atoms in total. The highest BCUT2D eigenvalue weighted by atomic mass is 15.0. The molecule has 0 aliphatic heterocycles. The molecule has 0 radical (unpaired) electrons. The molecule has 0 atom stereocenters. The van der Waals surface area contributed by atoms with Gasteiger partial charge in [0.2, 0.25) is 0 Å². The Morgan fingerprint density at radius 3 is 1.85 bits per heavy atom. The van der Waals surface area contributed by atoms with Gasteiger partial charge in [-0.25, -0.2) is 0 Å². The van der Waals surface area contributed by atoms with Gasteiger partial charge in [0.1, 0.15) is 0 Å². The summed E-state index contributed by atoms with van der Waals surface area (Å²) in [6, 6.07) is 45.4. The van der Waals surface area contributed by atoms with E-state index in [0.717, 1.165) is 0 Å². The van der Waals surface area contributed by atoms with E-state index in [9.17, 15) is 0 Å². The van der Waals surface area contributed by atoms with Gasteiger partial charge < -0.3 is 9.13 Å². The van der Waals surface area contributed by atoms with E-state index in [4.69, 9.17) is 0 Å². The second-order valence-corrected chi connectivity index (χ2v) is 8.66. The Morgan fingerprint density at radius 2 is 1.12 bits per heavy atom. The minimum Gasteiger partial charge on any atom is -0.316 e. The largest absolute Gasteiger partial charge is 0.316 e. The Balaban J connectivity index is 1.73. The molecule has 0 saturated carbocycles. The first kappa shape index (κ1) is 19.0. The summed E-state index contributed by atoms with van der Waals surface area (Å²) in [5, 5.41) is 3.78. The highest BCUT2D eigenvalue weighted by Gasteiger charge is 2.21. The summed E-state index contributed by atoms with van der Waals surface area (Å²) < 4.78 is 4.72. The van der Waals surface area contributed by atoms with E-state index >= 15 is 0 Å². The summed E-state index contributed by atoms with van der Waals surface area (Å²) in [4.78, 5) is 0. The zero-order valence-electron chi connectivity index (χ0n) is 18.6. The van der Waals surface area contributed by atoms with E-state index in [2.05, 4.69) is 143 Å². The number of hydrogen-bond acceptors (Lipinski definition) is 0. The number of aromatic nitrogens is 2. The molecule has 0 saturated heterocycles. The summed E-state index contributed by atoms with van der Waals surface area (Å²) in [7, 11) is 0. The lowest BCUT2D eigenvalue weighted by molar-refractivity contribution is 1.13. The molecule has 0 aliphatic rings. The van der Waals surface area contributed by atoms with Crippen LogP contribution in [0.15, 0.2) is 134 Å². The third-order valence-corrected chi connectivity index (χ3v) is 6.72. The van der Waals surface area contributed by atoms with Crippen LogP contribution in [0.4, 0.5) is 0 Å². The molecular weight excluding hydrogens is 412 g/mol. The van der Waals surface area contributed by atoms with Crippen LogP contribution in [-0.4, -0.2) is 9.13 Å². The lowest BCUT2D eigenvalue weighted by Crippen LogP contribution is -1.96. The predicted molar refractivity (Wildman–Crippen MR) is 143 cm³/mol. The van der Waals surface area contributed by atoms with E-state index < -0.39 is 0 Å². The molecule has 2 aromatic heterocycles. The monoisotopic (exact) mass is 434 g/mol. The molecule has 34 heavy (non-hydrogen) atoms. The van der Waals surface area contributed by atoms with Crippen molar-refractivity contribution < 1.29 is 0 Å². The lowest BCUT2D eigenvalue weighted by Gasteiger charge is -2.14. The molecule has 0 spiro atoms. The molecule has 0 amide bonds. The van der Waals surface area contributed by atoms with Crippen LogP contribution in [-0.2, 0) is 0 Å². The summed E-state index contributed by atoms with van der Waals surface area (Å²) in [5.74, 6) is 0. The maximum Gasteiger partial charge on any atom is 0.0614 e.